The van der Waals surface area contributed by atoms with Gasteiger partial charge in [0.15, 0.2) is 0 Å². The number of amides is 1. The molecule has 1 aliphatic rings. The highest BCUT2D eigenvalue weighted by atomic mass is 16.5. The van der Waals surface area contributed by atoms with Crippen LogP contribution in [0.25, 0.3) is 0 Å². The van der Waals surface area contributed by atoms with E-state index in [1.165, 1.54) is 6.20 Å². The van der Waals surface area contributed by atoms with Crippen molar-refractivity contribution >= 4 is 11.9 Å². The van der Waals surface area contributed by atoms with Gasteiger partial charge in [-0.15, -0.1) is 0 Å². The quantitative estimate of drug-likeness (QED) is 0.781. The molecule has 0 aliphatic carbocycles. The Hall–Kier alpha value is -1.89. The van der Waals surface area contributed by atoms with Crippen molar-refractivity contribution in [3.05, 3.63) is 17.5 Å². The Bertz CT molecular complexity index is 512. The van der Waals surface area contributed by atoms with E-state index < -0.39 is 0 Å². The van der Waals surface area contributed by atoms with Crippen LogP contribution in [0, 0.1) is 0 Å². The number of hydrogen-bond donors (Lipinski definition) is 1. The molecule has 1 aliphatic heterocycles. The van der Waals surface area contributed by atoms with Crippen LogP contribution in [0.1, 0.15) is 29.9 Å². The second-order valence-corrected chi connectivity index (χ2v) is 4.79. The first-order valence-corrected chi connectivity index (χ1v) is 6.74. The SMILES string of the molecule is CCOC(=O)c1cnn(C)c1CN1CCNC(=O)C1C. The number of aromatic nitrogens is 2. The van der Waals surface area contributed by atoms with Gasteiger partial charge in [-0.3, -0.25) is 14.4 Å². The molecular formula is C13H20N4O3. The van der Waals surface area contributed by atoms with Crippen molar-refractivity contribution in [2.24, 2.45) is 7.05 Å². The smallest absolute Gasteiger partial charge is 0.341 e. The first-order valence-electron chi connectivity index (χ1n) is 6.74. The van der Waals surface area contributed by atoms with E-state index in [9.17, 15) is 9.59 Å². The van der Waals surface area contributed by atoms with Gasteiger partial charge in [0.1, 0.15) is 5.56 Å². The number of rotatable bonds is 4. The summed E-state index contributed by atoms with van der Waals surface area (Å²) in [6.45, 7) is 5.82. The Labute approximate surface area is 117 Å². The molecule has 1 amide bonds. The molecule has 1 fully saturated rings. The third-order valence-electron chi connectivity index (χ3n) is 3.54. The van der Waals surface area contributed by atoms with E-state index in [1.807, 2.05) is 11.8 Å². The Morgan fingerprint density at radius 3 is 3.05 bits per heavy atom. The van der Waals surface area contributed by atoms with Crippen molar-refractivity contribution in [3.63, 3.8) is 0 Å². The molecule has 0 spiro atoms. The molecule has 1 aromatic heterocycles. The maximum Gasteiger partial charge on any atom is 0.341 e. The van der Waals surface area contributed by atoms with E-state index in [1.54, 1.807) is 18.7 Å². The number of carbonyl (C=O) groups excluding carboxylic acids is 2. The molecule has 0 aromatic carbocycles. The predicted molar refractivity (Wildman–Crippen MR) is 72.0 cm³/mol. The molecule has 2 rings (SSSR count). The van der Waals surface area contributed by atoms with Crippen molar-refractivity contribution < 1.29 is 14.3 Å². The summed E-state index contributed by atoms with van der Waals surface area (Å²) in [6.07, 6.45) is 1.52. The second-order valence-electron chi connectivity index (χ2n) is 4.79. The van der Waals surface area contributed by atoms with E-state index in [0.717, 1.165) is 12.2 Å². The topological polar surface area (TPSA) is 76.5 Å². The maximum absolute atomic E-state index is 11.9. The van der Waals surface area contributed by atoms with Crippen LogP contribution in [0.4, 0.5) is 0 Å². The van der Waals surface area contributed by atoms with E-state index >= 15 is 0 Å². The van der Waals surface area contributed by atoms with Crippen LogP contribution in [-0.4, -0.2) is 52.3 Å². The molecular weight excluding hydrogens is 260 g/mol. The van der Waals surface area contributed by atoms with Crippen LogP contribution < -0.4 is 5.32 Å². The molecule has 2 heterocycles. The Kier molecular flexibility index (Phi) is 4.39. The van der Waals surface area contributed by atoms with E-state index in [-0.39, 0.29) is 17.9 Å². The lowest BCUT2D eigenvalue weighted by Gasteiger charge is -2.32. The Morgan fingerprint density at radius 2 is 2.35 bits per heavy atom. The minimum Gasteiger partial charge on any atom is -0.462 e. The zero-order valence-electron chi connectivity index (χ0n) is 12.0. The molecule has 0 saturated carbocycles. The van der Waals surface area contributed by atoms with Crippen molar-refractivity contribution in [1.82, 2.24) is 20.0 Å². The molecule has 7 heteroatoms. The van der Waals surface area contributed by atoms with E-state index in [0.29, 0.717) is 25.3 Å². The molecule has 1 atom stereocenters. The number of hydrogen-bond acceptors (Lipinski definition) is 5. The van der Waals surface area contributed by atoms with Crippen molar-refractivity contribution in [2.75, 3.05) is 19.7 Å². The van der Waals surface area contributed by atoms with Gasteiger partial charge >= 0.3 is 5.97 Å². The van der Waals surface area contributed by atoms with Gasteiger partial charge in [-0.2, -0.15) is 5.10 Å². The number of carbonyl (C=O) groups is 2. The number of nitrogens with one attached hydrogen (secondary N) is 1. The van der Waals surface area contributed by atoms with Crippen molar-refractivity contribution in [2.45, 2.75) is 26.4 Å². The largest absolute Gasteiger partial charge is 0.462 e. The van der Waals surface area contributed by atoms with Crippen LogP contribution in [0.15, 0.2) is 6.20 Å². The highest BCUT2D eigenvalue weighted by Crippen LogP contribution is 2.15. The number of piperazine rings is 1. The van der Waals surface area contributed by atoms with Gasteiger partial charge < -0.3 is 10.1 Å². The lowest BCUT2D eigenvalue weighted by molar-refractivity contribution is -0.128. The monoisotopic (exact) mass is 280 g/mol. The van der Waals surface area contributed by atoms with Crippen LogP contribution in [0.5, 0.6) is 0 Å². The number of ether oxygens (including phenoxy) is 1. The number of esters is 1. The molecule has 1 saturated heterocycles. The molecule has 1 N–H and O–H groups in total. The number of aryl methyl sites for hydroxylation is 1. The van der Waals surface area contributed by atoms with Crippen molar-refractivity contribution in [3.8, 4) is 0 Å². The fraction of sp³-hybridized carbons (Fsp3) is 0.615. The molecule has 7 nitrogen and oxygen atoms in total. The van der Waals surface area contributed by atoms with Gasteiger partial charge in [0.05, 0.1) is 24.5 Å². The third kappa shape index (κ3) is 2.82. The fourth-order valence-corrected chi connectivity index (χ4v) is 2.27. The van der Waals surface area contributed by atoms with Crippen LogP contribution in [0.2, 0.25) is 0 Å². The molecule has 0 bridgehead atoms. The van der Waals surface area contributed by atoms with Gasteiger partial charge in [0.2, 0.25) is 5.91 Å². The first kappa shape index (κ1) is 14.5. The summed E-state index contributed by atoms with van der Waals surface area (Å²) in [5, 5.41) is 6.94. The summed E-state index contributed by atoms with van der Waals surface area (Å²) in [6, 6.07) is -0.214. The van der Waals surface area contributed by atoms with Crippen LogP contribution in [-0.2, 0) is 23.1 Å². The standard InChI is InChI=1S/C13H20N4O3/c1-4-20-13(19)10-7-15-16(3)11(10)8-17-6-5-14-12(18)9(17)2/h7,9H,4-6,8H2,1-3H3,(H,14,18). The second kappa shape index (κ2) is 6.04. The summed E-state index contributed by atoms with van der Waals surface area (Å²) in [5.41, 5.74) is 1.23. The summed E-state index contributed by atoms with van der Waals surface area (Å²) in [7, 11) is 1.78. The molecule has 110 valence electrons. The molecule has 20 heavy (non-hydrogen) atoms. The maximum atomic E-state index is 11.9. The highest BCUT2D eigenvalue weighted by Gasteiger charge is 2.28. The molecule has 1 unspecified atom stereocenters. The van der Waals surface area contributed by atoms with Crippen LogP contribution >= 0.6 is 0 Å². The van der Waals surface area contributed by atoms with Gasteiger partial charge in [0.25, 0.3) is 0 Å². The number of nitrogens with zero attached hydrogens (tertiary/aromatic N) is 3. The zero-order valence-corrected chi connectivity index (χ0v) is 12.0. The first-order chi connectivity index (χ1) is 9.54. The van der Waals surface area contributed by atoms with E-state index in [2.05, 4.69) is 10.4 Å². The predicted octanol–water partition coefficient (Wildman–Crippen LogP) is -0.0829. The van der Waals surface area contributed by atoms with Gasteiger partial charge in [-0.05, 0) is 13.8 Å². The minimum atomic E-state index is -0.371. The normalized spacial score (nSPS) is 19.8. The zero-order chi connectivity index (χ0) is 14.7. The summed E-state index contributed by atoms with van der Waals surface area (Å²) >= 11 is 0. The summed E-state index contributed by atoms with van der Waals surface area (Å²) < 4.78 is 6.69. The van der Waals surface area contributed by atoms with Gasteiger partial charge in [-0.1, -0.05) is 0 Å². The van der Waals surface area contributed by atoms with Gasteiger partial charge in [-0.25, -0.2) is 4.79 Å². The minimum absolute atomic E-state index is 0.0103. The van der Waals surface area contributed by atoms with E-state index in [4.69, 9.17) is 4.74 Å². The third-order valence-corrected chi connectivity index (χ3v) is 3.54. The average Bonchev–Trinajstić information content (AvgIpc) is 2.77. The summed E-state index contributed by atoms with van der Waals surface area (Å²) in [5.74, 6) is -0.360. The lowest BCUT2D eigenvalue weighted by atomic mass is 10.1. The molecule has 1 aromatic rings. The fourth-order valence-electron chi connectivity index (χ4n) is 2.27. The lowest BCUT2D eigenvalue weighted by Crippen LogP contribution is -2.53. The highest BCUT2D eigenvalue weighted by molar-refractivity contribution is 5.90. The summed E-state index contributed by atoms with van der Waals surface area (Å²) in [4.78, 5) is 25.6. The average molecular weight is 280 g/mol. The Balaban J connectivity index is 2.18. The van der Waals surface area contributed by atoms with Gasteiger partial charge in [0, 0.05) is 26.7 Å². The van der Waals surface area contributed by atoms with Crippen LogP contribution in [0.3, 0.4) is 0 Å². The molecule has 0 radical (unpaired) electrons. The Morgan fingerprint density at radius 1 is 1.60 bits per heavy atom. The van der Waals surface area contributed by atoms with Crippen molar-refractivity contribution in [1.29, 1.82) is 0 Å².